The molecule has 2 N–H and O–H groups in total. The first-order valence-electron chi connectivity index (χ1n) is 7.64. The number of likely N-dealkylation sites (tertiary alicyclic amines) is 1. The van der Waals surface area contributed by atoms with E-state index in [-0.39, 0.29) is 6.03 Å². The second-order valence-electron chi connectivity index (χ2n) is 5.88. The SMILES string of the molecule is O=C(NC1CC1)N1CCCC(NCc2ccccc2)C1. The number of hydrogen-bond acceptors (Lipinski definition) is 2. The predicted molar refractivity (Wildman–Crippen MR) is 79.4 cm³/mol. The number of carbonyl (C=O) groups is 1. The Kier molecular flexibility index (Phi) is 4.21. The Hall–Kier alpha value is -1.55. The van der Waals surface area contributed by atoms with Crippen molar-refractivity contribution in [3.8, 4) is 0 Å². The monoisotopic (exact) mass is 273 g/mol. The van der Waals surface area contributed by atoms with Crippen LogP contribution in [0.3, 0.4) is 0 Å². The highest BCUT2D eigenvalue weighted by Crippen LogP contribution is 2.20. The van der Waals surface area contributed by atoms with Gasteiger partial charge in [0.1, 0.15) is 0 Å². The Morgan fingerprint density at radius 1 is 1.15 bits per heavy atom. The number of amides is 2. The number of nitrogens with one attached hydrogen (secondary N) is 2. The minimum absolute atomic E-state index is 0.124. The number of nitrogens with zero attached hydrogens (tertiary/aromatic N) is 1. The van der Waals surface area contributed by atoms with Crippen LogP contribution in [0.4, 0.5) is 4.79 Å². The van der Waals surface area contributed by atoms with Gasteiger partial charge in [-0.3, -0.25) is 0 Å². The lowest BCUT2D eigenvalue weighted by atomic mass is 10.1. The lowest BCUT2D eigenvalue weighted by Gasteiger charge is -2.33. The van der Waals surface area contributed by atoms with Gasteiger partial charge in [0.05, 0.1) is 0 Å². The quantitative estimate of drug-likeness (QED) is 0.882. The number of rotatable bonds is 4. The molecule has 0 radical (unpaired) electrons. The lowest BCUT2D eigenvalue weighted by Crippen LogP contribution is -2.51. The summed E-state index contributed by atoms with van der Waals surface area (Å²) >= 11 is 0. The summed E-state index contributed by atoms with van der Waals surface area (Å²) in [4.78, 5) is 14.0. The van der Waals surface area contributed by atoms with E-state index in [0.717, 1.165) is 45.3 Å². The van der Waals surface area contributed by atoms with Crippen molar-refractivity contribution in [1.29, 1.82) is 0 Å². The third kappa shape index (κ3) is 3.73. The number of urea groups is 1. The fourth-order valence-corrected chi connectivity index (χ4v) is 2.68. The van der Waals surface area contributed by atoms with Crippen molar-refractivity contribution in [2.24, 2.45) is 0 Å². The first kappa shape index (κ1) is 13.4. The Morgan fingerprint density at radius 3 is 2.70 bits per heavy atom. The summed E-state index contributed by atoms with van der Waals surface area (Å²) in [5.41, 5.74) is 1.30. The van der Waals surface area contributed by atoms with Crippen molar-refractivity contribution in [1.82, 2.24) is 15.5 Å². The second-order valence-corrected chi connectivity index (χ2v) is 5.88. The summed E-state index contributed by atoms with van der Waals surface area (Å²) < 4.78 is 0. The molecular weight excluding hydrogens is 250 g/mol. The molecule has 2 amide bonds. The summed E-state index contributed by atoms with van der Waals surface area (Å²) in [6.45, 7) is 2.59. The molecule has 4 nitrogen and oxygen atoms in total. The topological polar surface area (TPSA) is 44.4 Å². The zero-order valence-electron chi connectivity index (χ0n) is 11.8. The van der Waals surface area contributed by atoms with Crippen LogP contribution >= 0.6 is 0 Å². The van der Waals surface area contributed by atoms with E-state index >= 15 is 0 Å². The van der Waals surface area contributed by atoms with Gasteiger partial charge in [0.2, 0.25) is 0 Å². The van der Waals surface area contributed by atoms with Gasteiger partial charge in [-0.1, -0.05) is 30.3 Å². The molecular formula is C16H23N3O. The third-order valence-electron chi connectivity index (χ3n) is 4.05. The van der Waals surface area contributed by atoms with E-state index in [1.54, 1.807) is 0 Å². The molecule has 1 unspecified atom stereocenters. The van der Waals surface area contributed by atoms with Crippen LogP contribution < -0.4 is 10.6 Å². The van der Waals surface area contributed by atoms with Crippen molar-refractivity contribution in [2.75, 3.05) is 13.1 Å². The molecule has 1 saturated heterocycles. The molecule has 1 aliphatic carbocycles. The van der Waals surface area contributed by atoms with Gasteiger partial charge in [-0.25, -0.2) is 4.79 Å². The van der Waals surface area contributed by atoms with Crippen molar-refractivity contribution >= 4 is 6.03 Å². The van der Waals surface area contributed by atoms with E-state index < -0.39 is 0 Å². The molecule has 1 aliphatic heterocycles. The fraction of sp³-hybridized carbons (Fsp3) is 0.562. The smallest absolute Gasteiger partial charge is 0.317 e. The van der Waals surface area contributed by atoms with Crippen LogP contribution in [0.1, 0.15) is 31.2 Å². The Balaban J connectivity index is 1.46. The molecule has 0 bridgehead atoms. The van der Waals surface area contributed by atoms with Gasteiger partial charge in [0.15, 0.2) is 0 Å². The van der Waals surface area contributed by atoms with E-state index in [1.807, 2.05) is 11.0 Å². The largest absolute Gasteiger partial charge is 0.335 e. The van der Waals surface area contributed by atoms with Crippen LogP contribution in [0, 0.1) is 0 Å². The molecule has 0 aromatic heterocycles. The van der Waals surface area contributed by atoms with Crippen LogP contribution in [0.15, 0.2) is 30.3 Å². The molecule has 2 fully saturated rings. The van der Waals surface area contributed by atoms with E-state index in [4.69, 9.17) is 0 Å². The van der Waals surface area contributed by atoms with Gasteiger partial charge in [-0.05, 0) is 31.2 Å². The number of carbonyl (C=O) groups excluding carboxylic acids is 1. The summed E-state index contributed by atoms with van der Waals surface area (Å²) in [5.74, 6) is 0. The zero-order chi connectivity index (χ0) is 13.8. The second kappa shape index (κ2) is 6.27. The highest BCUT2D eigenvalue weighted by Gasteiger charge is 2.28. The minimum atomic E-state index is 0.124. The third-order valence-corrected chi connectivity index (χ3v) is 4.05. The maximum Gasteiger partial charge on any atom is 0.317 e. The Morgan fingerprint density at radius 2 is 1.95 bits per heavy atom. The molecule has 1 saturated carbocycles. The zero-order valence-corrected chi connectivity index (χ0v) is 11.8. The van der Waals surface area contributed by atoms with E-state index in [9.17, 15) is 4.79 Å². The van der Waals surface area contributed by atoms with Crippen LogP contribution in [-0.4, -0.2) is 36.1 Å². The van der Waals surface area contributed by atoms with Crippen molar-refractivity contribution in [3.05, 3.63) is 35.9 Å². The van der Waals surface area contributed by atoms with Crippen molar-refractivity contribution < 1.29 is 4.79 Å². The molecule has 1 aromatic carbocycles. The summed E-state index contributed by atoms with van der Waals surface area (Å²) in [5, 5.41) is 6.65. The van der Waals surface area contributed by atoms with E-state index in [2.05, 4.69) is 34.9 Å². The average molecular weight is 273 g/mol. The summed E-state index contributed by atoms with van der Waals surface area (Å²) in [7, 11) is 0. The van der Waals surface area contributed by atoms with Gasteiger partial charge < -0.3 is 15.5 Å². The van der Waals surface area contributed by atoms with E-state index in [0.29, 0.717) is 12.1 Å². The van der Waals surface area contributed by atoms with Crippen LogP contribution in [0.2, 0.25) is 0 Å². The normalized spacial score (nSPS) is 22.6. The Labute approximate surface area is 120 Å². The maximum atomic E-state index is 12.1. The average Bonchev–Trinajstić information content (AvgIpc) is 3.30. The highest BCUT2D eigenvalue weighted by molar-refractivity contribution is 5.75. The highest BCUT2D eigenvalue weighted by atomic mass is 16.2. The first-order chi connectivity index (χ1) is 9.81. The van der Waals surface area contributed by atoms with Crippen LogP contribution in [0.5, 0.6) is 0 Å². The van der Waals surface area contributed by atoms with Crippen molar-refractivity contribution in [2.45, 2.75) is 44.3 Å². The minimum Gasteiger partial charge on any atom is -0.335 e. The van der Waals surface area contributed by atoms with Crippen LogP contribution in [0.25, 0.3) is 0 Å². The van der Waals surface area contributed by atoms with Gasteiger partial charge in [0, 0.05) is 31.7 Å². The maximum absolute atomic E-state index is 12.1. The predicted octanol–water partition coefficient (Wildman–Crippen LogP) is 2.11. The summed E-state index contributed by atoms with van der Waals surface area (Å²) in [6, 6.07) is 11.4. The lowest BCUT2D eigenvalue weighted by molar-refractivity contribution is 0.172. The van der Waals surface area contributed by atoms with Gasteiger partial charge in [0.25, 0.3) is 0 Å². The molecule has 2 aliphatic rings. The number of benzene rings is 1. The first-order valence-corrected chi connectivity index (χ1v) is 7.64. The molecule has 3 rings (SSSR count). The molecule has 4 heteroatoms. The molecule has 0 spiro atoms. The molecule has 1 aromatic rings. The molecule has 1 heterocycles. The molecule has 20 heavy (non-hydrogen) atoms. The van der Waals surface area contributed by atoms with Crippen molar-refractivity contribution in [3.63, 3.8) is 0 Å². The molecule has 108 valence electrons. The fourth-order valence-electron chi connectivity index (χ4n) is 2.68. The number of hydrogen-bond donors (Lipinski definition) is 2. The van der Waals surface area contributed by atoms with Gasteiger partial charge in [-0.2, -0.15) is 0 Å². The Bertz CT molecular complexity index is 444. The van der Waals surface area contributed by atoms with Gasteiger partial charge in [-0.15, -0.1) is 0 Å². The summed E-state index contributed by atoms with van der Waals surface area (Å²) in [6.07, 6.45) is 4.54. The molecule has 1 atom stereocenters. The number of piperidine rings is 1. The standard InChI is InChI=1S/C16H23N3O/c20-16(18-14-8-9-14)19-10-4-7-15(12-19)17-11-13-5-2-1-3-6-13/h1-3,5-6,14-15,17H,4,7-12H2,(H,18,20). The van der Waals surface area contributed by atoms with Crippen LogP contribution in [-0.2, 0) is 6.54 Å². The van der Waals surface area contributed by atoms with E-state index in [1.165, 1.54) is 5.56 Å². The van der Waals surface area contributed by atoms with Gasteiger partial charge >= 0.3 is 6.03 Å².